The Labute approximate surface area is 104 Å². The van der Waals surface area contributed by atoms with Crippen LogP contribution in [0.1, 0.15) is 28.8 Å². The lowest BCUT2D eigenvalue weighted by Gasteiger charge is -2.16. The summed E-state index contributed by atoms with van der Waals surface area (Å²) < 4.78 is 0. The monoisotopic (exact) mass is 253 g/mol. The maximum atomic E-state index is 11.2. The van der Waals surface area contributed by atoms with Crippen molar-refractivity contribution in [2.24, 2.45) is 5.84 Å². The molecule has 0 aliphatic rings. The number of aromatic nitrogens is 1. The molecule has 0 fully saturated rings. The molecule has 0 radical (unpaired) electrons. The van der Waals surface area contributed by atoms with Gasteiger partial charge in [0, 0.05) is 24.9 Å². The highest BCUT2D eigenvalue weighted by molar-refractivity contribution is 7.11. The van der Waals surface area contributed by atoms with Gasteiger partial charge in [0.05, 0.1) is 11.8 Å². The van der Waals surface area contributed by atoms with Crippen LogP contribution in [0.4, 0.5) is 0 Å². The number of nitrogen functional groups attached to an aromatic ring is 1. The fourth-order valence-electron chi connectivity index (χ4n) is 1.33. The van der Waals surface area contributed by atoms with E-state index in [1.165, 1.54) is 11.3 Å². The highest BCUT2D eigenvalue weighted by Crippen LogP contribution is 2.11. The fourth-order valence-corrected chi connectivity index (χ4v) is 2.04. The van der Waals surface area contributed by atoms with Crippen LogP contribution < -0.4 is 11.3 Å². The lowest BCUT2D eigenvalue weighted by Crippen LogP contribution is -2.30. The summed E-state index contributed by atoms with van der Waals surface area (Å²) in [5, 5.41) is 10.7. The summed E-state index contributed by atoms with van der Waals surface area (Å²) in [5.74, 6) is 4.65. The molecule has 0 atom stereocenters. The van der Waals surface area contributed by atoms with Crippen molar-refractivity contribution in [2.45, 2.75) is 19.9 Å². The van der Waals surface area contributed by atoms with Gasteiger partial charge in [0.1, 0.15) is 0 Å². The summed E-state index contributed by atoms with van der Waals surface area (Å²) in [7, 11) is 0. The maximum absolute atomic E-state index is 11.2. The Morgan fingerprint density at radius 3 is 3.12 bits per heavy atom. The molecule has 0 aliphatic carbocycles. The van der Waals surface area contributed by atoms with Crippen LogP contribution in [0.5, 0.6) is 0 Å². The van der Waals surface area contributed by atoms with Gasteiger partial charge in [-0.05, 0) is 6.54 Å². The zero-order valence-electron chi connectivity index (χ0n) is 9.64. The first kappa shape index (κ1) is 13.6. The molecule has 0 spiro atoms. The number of carbonyl (C=O) groups is 1. The van der Waals surface area contributed by atoms with Crippen LogP contribution in [0, 0.1) is 11.3 Å². The molecule has 3 N–H and O–H groups in total. The number of nitrogens with one attached hydrogen (secondary N) is 1. The molecular formula is C10H15N5OS. The number of nitrogens with zero attached hydrogens (tertiary/aromatic N) is 3. The Balaban J connectivity index is 2.58. The van der Waals surface area contributed by atoms with Crippen molar-refractivity contribution in [3.8, 4) is 6.07 Å². The van der Waals surface area contributed by atoms with Gasteiger partial charge in [-0.25, -0.2) is 10.8 Å². The van der Waals surface area contributed by atoms with Gasteiger partial charge in [-0.2, -0.15) is 5.26 Å². The summed E-state index contributed by atoms with van der Waals surface area (Å²) in [4.78, 5) is 17.5. The fraction of sp³-hybridized carbons (Fsp3) is 0.500. The van der Waals surface area contributed by atoms with E-state index in [0.717, 1.165) is 12.2 Å². The van der Waals surface area contributed by atoms with Crippen molar-refractivity contribution in [3.05, 3.63) is 16.1 Å². The highest BCUT2D eigenvalue weighted by atomic mass is 32.1. The van der Waals surface area contributed by atoms with Crippen molar-refractivity contribution in [1.29, 1.82) is 5.26 Å². The molecule has 0 bridgehead atoms. The van der Waals surface area contributed by atoms with Crippen molar-refractivity contribution in [2.75, 3.05) is 13.1 Å². The van der Waals surface area contributed by atoms with Crippen molar-refractivity contribution in [3.63, 3.8) is 0 Å². The van der Waals surface area contributed by atoms with Crippen molar-refractivity contribution in [1.82, 2.24) is 15.3 Å². The van der Waals surface area contributed by atoms with E-state index in [0.29, 0.717) is 24.5 Å². The topological polar surface area (TPSA) is 95.0 Å². The Hall–Kier alpha value is -1.49. The quantitative estimate of drug-likeness (QED) is 0.437. The molecule has 0 aromatic carbocycles. The zero-order valence-corrected chi connectivity index (χ0v) is 10.5. The average Bonchev–Trinajstić information content (AvgIpc) is 2.81. The van der Waals surface area contributed by atoms with Gasteiger partial charge in [-0.15, -0.1) is 11.3 Å². The van der Waals surface area contributed by atoms with Gasteiger partial charge in [-0.1, -0.05) is 6.92 Å². The van der Waals surface area contributed by atoms with E-state index in [1.807, 2.05) is 17.7 Å². The molecule has 1 aromatic rings. The maximum Gasteiger partial charge on any atom is 0.294 e. The molecule has 7 heteroatoms. The van der Waals surface area contributed by atoms with Gasteiger partial charge in [0.25, 0.3) is 5.91 Å². The molecule has 0 saturated heterocycles. The van der Waals surface area contributed by atoms with E-state index in [9.17, 15) is 4.79 Å². The summed E-state index contributed by atoms with van der Waals surface area (Å²) in [5.41, 5.74) is 2.88. The Kier molecular flexibility index (Phi) is 5.56. The van der Waals surface area contributed by atoms with Crippen molar-refractivity contribution >= 4 is 17.2 Å². The van der Waals surface area contributed by atoms with Crippen LogP contribution in [-0.2, 0) is 6.54 Å². The second-order valence-corrected chi connectivity index (χ2v) is 4.25. The van der Waals surface area contributed by atoms with Crippen molar-refractivity contribution < 1.29 is 4.79 Å². The molecule has 1 rings (SSSR count). The Morgan fingerprint density at radius 2 is 2.53 bits per heavy atom. The van der Waals surface area contributed by atoms with Crippen LogP contribution in [0.2, 0.25) is 0 Å². The number of hydrogen-bond donors (Lipinski definition) is 2. The number of thiazole rings is 1. The minimum absolute atomic E-state index is 0.360. The average molecular weight is 253 g/mol. The van der Waals surface area contributed by atoms with E-state index in [-0.39, 0.29) is 5.91 Å². The SMILES string of the molecule is CCN(CCC#N)Cc1csc(C(=O)NN)n1. The summed E-state index contributed by atoms with van der Waals surface area (Å²) >= 11 is 1.26. The first-order valence-electron chi connectivity index (χ1n) is 5.26. The molecular weight excluding hydrogens is 238 g/mol. The Morgan fingerprint density at radius 1 is 1.76 bits per heavy atom. The van der Waals surface area contributed by atoms with Crippen LogP contribution in [0.25, 0.3) is 0 Å². The highest BCUT2D eigenvalue weighted by Gasteiger charge is 2.11. The van der Waals surface area contributed by atoms with Crippen LogP contribution in [-0.4, -0.2) is 28.9 Å². The van der Waals surface area contributed by atoms with Gasteiger partial charge < -0.3 is 0 Å². The molecule has 0 unspecified atom stereocenters. The van der Waals surface area contributed by atoms with E-state index < -0.39 is 0 Å². The summed E-state index contributed by atoms with van der Waals surface area (Å²) in [6, 6.07) is 2.11. The first-order chi connectivity index (χ1) is 8.21. The van der Waals surface area contributed by atoms with E-state index in [4.69, 9.17) is 11.1 Å². The number of nitrogens with two attached hydrogens (primary N) is 1. The molecule has 0 aliphatic heterocycles. The minimum Gasteiger partial charge on any atom is -0.297 e. The molecule has 1 heterocycles. The molecule has 17 heavy (non-hydrogen) atoms. The second kappa shape index (κ2) is 6.96. The molecule has 6 nitrogen and oxygen atoms in total. The van der Waals surface area contributed by atoms with Gasteiger partial charge in [0.2, 0.25) is 0 Å². The number of nitriles is 1. The third kappa shape index (κ3) is 4.11. The lowest BCUT2D eigenvalue weighted by atomic mass is 10.3. The lowest BCUT2D eigenvalue weighted by molar-refractivity contribution is 0.0953. The largest absolute Gasteiger partial charge is 0.297 e. The van der Waals surface area contributed by atoms with Gasteiger partial charge >= 0.3 is 0 Å². The van der Waals surface area contributed by atoms with Gasteiger partial charge in [-0.3, -0.25) is 15.1 Å². The predicted molar refractivity (Wildman–Crippen MR) is 64.9 cm³/mol. The normalized spacial score (nSPS) is 10.2. The zero-order chi connectivity index (χ0) is 12.7. The minimum atomic E-state index is -0.374. The van der Waals surface area contributed by atoms with E-state index >= 15 is 0 Å². The first-order valence-corrected chi connectivity index (χ1v) is 6.13. The van der Waals surface area contributed by atoms with Gasteiger partial charge in [0.15, 0.2) is 5.01 Å². The number of hydrogen-bond acceptors (Lipinski definition) is 6. The van der Waals surface area contributed by atoms with E-state index in [2.05, 4.69) is 16.0 Å². The summed E-state index contributed by atoms with van der Waals surface area (Å²) in [6.07, 6.45) is 0.494. The number of carbonyl (C=O) groups excluding carboxylic acids is 1. The van der Waals surface area contributed by atoms with Crippen LogP contribution in [0.3, 0.4) is 0 Å². The molecule has 1 amide bonds. The third-order valence-corrected chi connectivity index (χ3v) is 3.14. The predicted octanol–water partition coefficient (Wildman–Crippen LogP) is 0.482. The van der Waals surface area contributed by atoms with E-state index in [1.54, 1.807) is 0 Å². The smallest absolute Gasteiger partial charge is 0.294 e. The third-order valence-electron chi connectivity index (χ3n) is 2.25. The molecule has 0 saturated carbocycles. The summed E-state index contributed by atoms with van der Waals surface area (Å²) in [6.45, 7) is 4.23. The standard InChI is InChI=1S/C10H15N5OS/c1-2-15(5-3-4-11)6-8-7-17-10(13-8)9(16)14-12/h7H,2-3,5-6,12H2,1H3,(H,14,16). The molecule has 1 aromatic heterocycles. The Bertz CT molecular complexity index is 411. The number of rotatable bonds is 6. The molecule has 92 valence electrons. The van der Waals surface area contributed by atoms with Crippen LogP contribution >= 0.6 is 11.3 Å². The number of hydrazine groups is 1. The second-order valence-electron chi connectivity index (χ2n) is 3.39. The van der Waals surface area contributed by atoms with Crippen LogP contribution in [0.15, 0.2) is 5.38 Å². The number of amides is 1.